The highest BCUT2D eigenvalue weighted by molar-refractivity contribution is 6.30. The summed E-state index contributed by atoms with van der Waals surface area (Å²) in [5, 5.41) is 0.183. The molecule has 4 nitrogen and oxygen atoms in total. The third-order valence-electron chi connectivity index (χ3n) is 3.57. The normalized spacial score (nSPS) is 15.9. The van der Waals surface area contributed by atoms with Crippen LogP contribution in [0, 0.1) is 5.92 Å². The van der Waals surface area contributed by atoms with Gasteiger partial charge in [0.2, 0.25) is 0 Å². The Bertz CT molecular complexity index is 514. The van der Waals surface area contributed by atoms with Crippen molar-refractivity contribution in [3.05, 3.63) is 31.6 Å². The molecule has 0 amide bonds. The second-order valence-corrected chi connectivity index (χ2v) is 5.00. The van der Waals surface area contributed by atoms with E-state index < -0.39 is 5.69 Å². The molecule has 0 saturated heterocycles. The Hall–Kier alpha value is -1.03. The lowest BCUT2D eigenvalue weighted by molar-refractivity contribution is 0.279. The first kappa shape index (κ1) is 12.4. The van der Waals surface area contributed by atoms with Gasteiger partial charge in [-0.05, 0) is 18.8 Å². The topological polar surface area (TPSA) is 54.9 Å². The van der Waals surface area contributed by atoms with Crippen molar-refractivity contribution >= 4 is 11.6 Å². The van der Waals surface area contributed by atoms with Crippen LogP contribution in [0.15, 0.2) is 9.59 Å². The summed E-state index contributed by atoms with van der Waals surface area (Å²) in [5.74, 6) is 0.682. The molecule has 2 rings (SSSR count). The molecule has 17 heavy (non-hydrogen) atoms. The molecule has 0 spiro atoms. The van der Waals surface area contributed by atoms with E-state index in [1.165, 1.54) is 23.8 Å². The van der Waals surface area contributed by atoms with Gasteiger partial charge >= 0.3 is 5.69 Å². The van der Waals surface area contributed by atoms with Crippen LogP contribution in [0.1, 0.15) is 38.2 Å². The van der Waals surface area contributed by atoms with E-state index in [0.29, 0.717) is 24.4 Å². The number of nitrogens with one attached hydrogen (secondary N) is 1. The zero-order chi connectivity index (χ0) is 12.4. The Morgan fingerprint density at radius 1 is 1.41 bits per heavy atom. The summed E-state index contributed by atoms with van der Waals surface area (Å²) >= 11 is 5.84. The number of rotatable bonds is 4. The monoisotopic (exact) mass is 256 g/mol. The van der Waals surface area contributed by atoms with Crippen LogP contribution < -0.4 is 11.2 Å². The third-order valence-corrected chi connectivity index (χ3v) is 3.89. The highest BCUT2D eigenvalue weighted by Gasteiger charge is 2.18. The maximum Gasteiger partial charge on any atom is 0.329 e. The summed E-state index contributed by atoms with van der Waals surface area (Å²) in [4.78, 5) is 26.2. The first-order valence-electron chi connectivity index (χ1n) is 6.15. The molecule has 0 aliphatic heterocycles. The quantitative estimate of drug-likeness (QED) is 0.837. The van der Waals surface area contributed by atoms with Gasteiger partial charge in [0, 0.05) is 6.54 Å². The molecule has 0 aromatic carbocycles. The average Bonchev–Trinajstić information content (AvgIpc) is 2.20. The van der Waals surface area contributed by atoms with Gasteiger partial charge in [-0.1, -0.05) is 37.8 Å². The predicted molar refractivity (Wildman–Crippen MR) is 67.7 cm³/mol. The summed E-state index contributed by atoms with van der Waals surface area (Å²) in [6.07, 6.45) is 5.17. The molecule has 5 heteroatoms. The summed E-state index contributed by atoms with van der Waals surface area (Å²) < 4.78 is 1.28. The van der Waals surface area contributed by atoms with E-state index in [9.17, 15) is 9.59 Å². The minimum Gasteiger partial charge on any atom is -0.297 e. The number of halogens is 1. The molecule has 1 aliphatic carbocycles. The van der Waals surface area contributed by atoms with Crippen LogP contribution >= 0.6 is 11.6 Å². The number of nitrogens with zero attached hydrogens (tertiary/aromatic N) is 1. The van der Waals surface area contributed by atoms with Gasteiger partial charge in [0.15, 0.2) is 0 Å². The Balaban J connectivity index is 2.25. The molecule has 1 fully saturated rings. The molecule has 0 atom stereocenters. The largest absolute Gasteiger partial charge is 0.329 e. The number of aromatic nitrogens is 2. The minimum atomic E-state index is -0.392. The van der Waals surface area contributed by atoms with Gasteiger partial charge < -0.3 is 0 Å². The molecule has 0 bridgehead atoms. The standard InChI is InChI=1S/C12H17ClN2O2/c1-2-9-10(13)14-12(17)15(11(9)16)7-6-8-4-3-5-8/h8H,2-7H2,1H3,(H,14,17). The van der Waals surface area contributed by atoms with Crippen LogP contribution in [0.2, 0.25) is 5.15 Å². The zero-order valence-corrected chi connectivity index (χ0v) is 10.7. The van der Waals surface area contributed by atoms with Crippen LogP contribution in [0.3, 0.4) is 0 Å². The van der Waals surface area contributed by atoms with E-state index in [-0.39, 0.29) is 10.7 Å². The summed E-state index contributed by atoms with van der Waals surface area (Å²) in [6.45, 7) is 2.36. The Morgan fingerprint density at radius 3 is 2.65 bits per heavy atom. The lowest BCUT2D eigenvalue weighted by Gasteiger charge is -2.25. The van der Waals surface area contributed by atoms with Crippen molar-refractivity contribution in [1.29, 1.82) is 0 Å². The Labute approximate surface area is 105 Å². The van der Waals surface area contributed by atoms with Crippen LogP contribution in [0.4, 0.5) is 0 Å². The van der Waals surface area contributed by atoms with Crippen molar-refractivity contribution < 1.29 is 0 Å². The lowest BCUT2D eigenvalue weighted by atomic mass is 9.83. The van der Waals surface area contributed by atoms with Crippen molar-refractivity contribution in [3.63, 3.8) is 0 Å². The molecule has 0 radical (unpaired) electrons. The van der Waals surface area contributed by atoms with E-state index in [0.717, 1.165) is 6.42 Å². The fourth-order valence-electron chi connectivity index (χ4n) is 2.19. The first-order chi connectivity index (χ1) is 8.13. The van der Waals surface area contributed by atoms with Gasteiger partial charge in [-0.15, -0.1) is 0 Å². The smallest absolute Gasteiger partial charge is 0.297 e. The van der Waals surface area contributed by atoms with Gasteiger partial charge in [0.25, 0.3) is 5.56 Å². The van der Waals surface area contributed by atoms with Crippen molar-refractivity contribution in [1.82, 2.24) is 9.55 Å². The maximum atomic E-state index is 12.0. The molecule has 94 valence electrons. The molecule has 1 heterocycles. The molecule has 1 N–H and O–H groups in total. The van der Waals surface area contributed by atoms with Crippen LogP contribution in [0.5, 0.6) is 0 Å². The lowest BCUT2D eigenvalue weighted by Crippen LogP contribution is -2.38. The molecule has 0 unspecified atom stereocenters. The van der Waals surface area contributed by atoms with Gasteiger partial charge in [-0.2, -0.15) is 0 Å². The summed E-state index contributed by atoms with van der Waals surface area (Å²) in [5.41, 5.74) is -0.128. The first-order valence-corrected chi connectivity index (χ1v) is 6.52. The molecular weight excluding hydrogens is 240 g/mol. The molecule has 1 aromatic rings. The number of hydrogen-bond acceptors (Lipinski definition) is 2. The molecular formula is C12H17ClN2O2. The van der Waals surface area contributed by atoms with Crippen LogP contribution in [-0.2, 0) is 13.0 Å². The molecule has 1 aromatic heterocycles. The predicted octanol–water partition coefficient (Wildman–Crippen LogP) is 1.94. The second kappa shape index (κ2) is 5.08. The van der Waals surface area contributed by atoms with Gasteiger partial charge in [-0.3, -0.25) is 14.3 Å². The highest BCUT2D eigenvalue weighted by Crippen LogP contribution is 2.29. The number of aromatic amines is 1. The van der Waals surface area contributed by atoms with E-state index in [4.69, 9.17) is 11.6 Å². The number of H-pyrrole nitrogens is 1. The second-order valence-electron chi connectivity index (χ2n) is 4.62. The average molecular weight is 257 g/mol. The third kappa shape index (κ3) is 2.46. The fraction of sp³-hybridized carbons (Fsp3) is 0.667. The summed E-state index contributed by atoms with van der Waals surface area (Å²) in [7, 11) is 0. The summed E-state index contributed by atoms with van der Waals surface area (Å²) in [6, 6.07) is 0. The zero-order valence-electron chi connectivity index (χ0n) is 9.96. The molecule has 1 saturated carbocycles. The fourth-order valence-corrected chi connectivity index (χ4v) is 2.48. The van der Waals surface area contributed by atoms with E-state index in [1.54, 1.807) is 0 Å². The number of hydrogen-bond donors (Lipinski definition) is 1. The van der Waals surface area contributed by atoms with Crippen molar-refractivity contribution in [2.24, 2.45) is 5.92 Å². The molecule has 1 aliphatic rings. The van der Waals surface area contributed by atoms with Crippen molar-refractivity contribution in [2.45, 2.75) is 45.6 Å². The van der Waals surface area contributed by atoms with E-state index >= 15 is 0 Å². The van der Waals surface area contributed by atoms with Gasteiger partial charge in [0.1, 0.15) is 5.15 Å². The van der Waals surface area contributed by atoms with Crippen LogP contribution in [-0.4, -0.2) is 9.55 Å². The van der Waals surface area contributed by atoms with Gasteiger partial charge in [0.05, 0.1) is 5.56 Å². The highest BCUT2D eigenvalue weighted by atomic mass is 35.5. The van der Waals surface area contributed by atoms with Crippen molar-refractivity contribution in [3.8, 4) is 0 Å². The van der Waals surface area contributed by atoms with E-state index in [2.05, 4.69) is 4.98 Å². The van der Waals surface area contributed by atoms with E-state index in [1.807, 2.05) is 6.92 Å². The SMILES string of the molecule is CCc1c(Cl)[nH]c(=O)n(CCC2CCC2)c1=O. The van der Waals surface area contributed by atoms with Gasteiger partial charge in [-0.25, -0.2) is 4.79 Å². The van der Waals surface area contributed by atoms with Crippen molar-refractivity contribution in [2.75, 3.05) is 0 Å². The Morgan fingerprint density at radius 2 is 2.12 bits per heavy atom. The Kier molecular flexibility index (Phi) is 3.72. The maximum absolute atomic E-state index is 12.0. The minimum absolute atomic E-state index is 0.183. The van der Waals surface area contributed by atoms with Crippen LogP contribution in [0.25, 0.3) is 0 Å².